The second-order valence-corrected chi connectivity index (χ2v) is 12.3. The van der Waals surface area contributed by atoms with Gasteiger partial charge in [0, 0.05) is 31.2 Å². The quantitative estimate of drug-likeness (QED) is 0.467. The molecule has 3 aromatic rings. The second-order valence-electron chi connectivity index (χ2n) is 9.33. The van der Waals surface area contributed by atoms with Crippen LogP contribution in [0, 0.1) is 5.41 Å². The van der Waals surface area contributed by atoms with Crippen LogP contribution >= 0.6 is 15.9 Å². The molecule has 0 bridgehead atoms. The first kappa shape index (κ1) is 24.1. The molecule has 1 fully saturated rings. The summed E-state index contributed by atoms with van der Waals surface area (Å²) in [4.78, 5) is 26.0. The van der Waals surface area contributed by atoms with Crippen LogP contribution in [0.1, 0.15) is 44.4 Å². The van der Waals surface area contributed by atoms with Gasteiger partial charge in [0.15, 0.2) is 5.65 Å². The number of rotatable bonds is 6. The highest BCUT2D eigenvalue weighted by molar-refractivity contribution is 9.10. The summed E-state index contributed by atoms with van der Waals surface area (Å²) in [5, 5.41) is 11.5. The average Bonchev–Trinajstić information content (AvgIpc) is 3.54. The minimum atomic E-state index is -3.30. The summed E-state index contributed by atoms with van der Waals surface area (Å²) in [5.41, 5.74) is 2.48. The number of fused-ring (bicyclic) bond motifs is 2. The molecule has 0 unspecified atom stereocenters. The Labute approximate surface area is 211 Å². The van der Waals surface area contributed by atoms with Crippen LogP contribution in [0.25, 0.3) is 16.7 Å². The molecule has 1 aliphatic carbocycles. The van der Waals surface area contributed by atoms with Crippen molar-refractivity contribution in [3.8, 4) is 5.69 Å². The number of aromatic nitrogens is 5. The highest BCUT2D eigenvalue weighted by atomic mass is 79.9. The predicted octanol–water partition coefficient (Wildman–Crippen LogP) is 2.36. The lowest BCUT2D eigenvalue weighted by molar-refractivity contribution is -0.129. The van der Waals surface area contributed by atoms with E-state index in [0.717, 1.165) is 29.5 Å². The number of hydrogen-bond donors (Lipinski definition) is 2. The molecule has 35 heavy (non-hydrogen) atoms. The van der Waals surface area contributed by atoms with Crippen molar-refractivity contribution in [2.75, 3.05) is 18.1 Å². The molecule has 13 heteroatoms. The van der Waals surface area contributed by atoms with Crippen molar-refractivity contribution in [1.29, 1.82) is 0 Å². The molecular formula is C22H27BrN8O3S. The first-order valence-corrected chi connectivity index (χ1v) is 13.9. The van der Waals surface area contributed by atoms with Gasteiger partial charge in [-0.05, 0) is 53.7 Å². The first-order chi connectivity index (χ1) is 16.6. The Bertz CT molecular complexity index is 1430. The van der Waals surface area contributed by atoms with Gasteiger partial charge in [0.25, 0.3) is 0 Å². The predicted molar refractivity (Wildman–Crippen MR) is 134 cm³/mol. The molecule has 5 rings (SSSR count). The topological polar surface area (TPSA) is 135 Å². The molecule has 2 atom stereocenters. The summed E-state index contributed by atoms with van der Waals surface area (Å²) < 4.78 is 28.3. The number of sulfonamides is 1. The molecule has 1 amide bonds. The lowest BCUT2D eigenvalue weighted by Gasteiger charge is -2.22. The van der Waals surface area contributed by atoms with E-state index in [1.165, 1.54) is 4.31 Å². The van der Waals surface area contributed by atoms with E-state index in [1.54, 1.807) is 31.0 Å². The fraction of sp³-hybridized carbons (Fsp3) is 0.500. The number of amides is 1. The molecular weight excluding hydrogens is 536 g/mol. The smallest absolute Gasteiger partial charge is 0.225 e. The van der Waals surface area contributed by atoms with Crippen molar-refractivity contribution < 1.29 is 13.2 Å². The van der Waals surface area contributed by atoms with E-state index in [9.17, 15) is 13.2 Å². The zero-order valence-electron chi connectivity index (χ0n) is 19.7. The van der Waals surface area contributed by atoms with Crippen molar-refractivity contribution in [3.63, 3.8) is 0 Å². The van der Waals surface area contributed by atoms with Crippen LogP contribution in [0.4, 0.5) is 5.95 Å². The highest BCUT2D eigenvalue weighted by Crippen LogP contribution is 2.39. The van der Waals surface area contributed by atoms with E-state index in [2.05, 4.69) is 41.6 Å². The van der Waals surface area contributed by atoms with Gasteiger partial charge in [0.2, 0.25) is 21.9 Å². The SMILES string of the molecule is CCS(=O)(=O)N1Cc2cc(-n3nc(Br)c4cnc(N[C@@H]5CC[C@@](C)(C(=O)NC)C5)nc43)cnc2C1. The number of nitrogens with one attached hydrogen (secondary N) is 2. The Morgan fingerprint density at radius 1 is 1.29 bits per heavy atom. The summed E-state index contributed by atoms with van der Waals surface area (Å²) in [6.45, 7) is 4.19. The van der Waals surface area contributed by atoms with E-state index in [0.29, 0.717) is 34.9 Å². The summed E-state index contributed by atoms with van der Waals surface area (Å²) in [6.07, 6.45) is 5.73. The van der Waals surface area contributed by atoms with Gasteiger partial charge in [-0.2, -0.15) is 14.4 Å². The molecule has 3 aromatic heterocycles. The van der Waals surface area contributed by atoms with Gasteiger partial charge in [0.1, 0.15) is 4.60 Å². The van der Waals surface area contributed by atoms with Crippen LogP contribution in [-0.4, -0.2) is 62.2 Å². The summed E-state index contributed by atoms with van der Waals surface area (Å²) in [5.74, 6) is 0.571. The number of carbonyl (C=O) groups is 1. The maximum absolute atomic E-state index is 12.3. The standard InChI is InChI=1S/C22H27BrN8O3S/c1-4-35(33,34)30-11-13-7-15(9-25-17(13)12-30)31-19-16(18(23)29-31)10-26-21(28-19)27-14-5-6-22(2,8-14)20(32)24-3/h7,9-10,14H,4-6,8,11-12H2,1-3H3,(H,24,32)(H,26,27,28)/t14-,22-/m1/s1. The van der Waals surface area contributed by atoms with E-state index >= 15 is 0 Å². The number of carbonyl (C=O) groups excluding carboxylic acids is 1. The zero-order chi connectivity index (χ0) is 25.0. The van der Waals surface area contributed by atoms with Gasteiger partial charge in [-0.25, -0.2) is 18.1 Å². The lowest BCUT2D eigenvalue weighted by Crippen LogP contribution is -2.35. The van der Waals surface area contributed by atoms with E-state index < -0.39 is 15.4 Å². The normalized spacial score (nSPS) is 22.5. The third kappa shape index (κ3) is 4.29. The Balaban J connectivity index is 1.43. The molecule has 0 radical (unpaired) electrons. The molecule has 11 nitrogen and oxygen atoms in total. The van der Waals surface area contributed by atoms with E-state index in [4.69, 9.17) is 4.98 Å². The summed E-state index contributed by atoms with van der Waals surface area (Å²) >= 11 is 3.49. The molecule has 0 aromatic carbocycles. The van der Waals surface area contributed by atoms with Gasteiger partial charge < -0.3 is 10.6 Å². The maximum Gasteiger partial charge on any atom is 0.225 e. The Morgan fingerprint density at radius 3 is 2.83 bits per heavy atom. The van der Waals surface area contributed by atoms with Gasteiger partial charge in [-0.15, -0.1) is 0 Å². The minimum Gasteiger partial charge on any atom is -0.359 e. The number of anilines is 1. The lowest BCUT2D eigenvalue weighted by atomic mass is 9.87. The number of halogens is 1. The van der Waals surface area contributed by atoms with Crippen molar-refractivity contribution in [1.82, 2.24) is 34.4 Å². The van der Waals surface area contributed by atoms with Gasteiger partial charge in [-0.3, -0.25) is 9.78 Å². The molecule has 2 aliphatic rings. The molecule has 1 aliphatic heterocycles. The van der Waals surface area contributed by atoms with Crippen LogP contribution in [0.5, 0.6) is 0 Å². The Morgan fingerprint density at radius 2 is 2.09 bits per heavy atom. The average molecular weight is 563 g/mol. The van der Waals surface area contributed by atoms with Gasteiger partial charge in [-0.1, -0.05) is 6.92 Å². The number of nitrogens with zero attached hydrogens (tertiary/aromatic N) is 6. The van der Waals surface area contributed by atoms with Gasteiger partial charge in [0.05, 0.1) is 35.3 Å². The summed E-state index contributed by atoms with van der Waals surface area (Å²) in [7, 11) is -1.63. The maximum atomic E-state index is 12.3. The highest BCUT2D eigenvalue weighted by Gasteiger charge is 2.41. The molecule has 4 heterocycles. The Hall–Kier alpha value is -2.64. The van der Waals surface area contributed by atoms with Crippen molar-refractivity contribution in [2.45, 2.75) is 52.2 Å². The Kier molecular flexibility index (Phi) is 6.04. The van der Waals surface area contributed by atoms with Crippen LogP contribution in [0.15, 0.2) is 23.1 Å². The second kappa shape index (κ2) is 8.79. The largest absolute Gasteiger partial charge is 0.359 e. The van der Waals surface area contributed by atoms with Crippen LogP contribution < -0.4 is 10.6 Å². The third-order valence-electron chi connectivity index (χ3n) is 6.95. The fourth-order valence-electron chi connectivity index (χ4n) is 4.89. The van der Waals surface area contributed by atoms with E-state index in [1.807, 2.05) is 13.0 Å². The molecule has 1 saturated carbocycles. The summed E-state index contributed by atoms with van der Waals surface area (Å²) in [6, 6.07) is 2.00. The molecule has 0 saturated heterocycles. The van der Waals surface area contributed by atoms with Crippen molar-refractivity contribution in [3.05, 3.63) is 34.3 Å². The first-order valence-electron chi connectivity index (χ1n) is 11.5. The monoisotopic (exact) mass is 562 g/mol. The van der Waals surface area contributed by atoms with Gasteiger partial charge >= 0.3 is 0 Å². The van der Waals surface area contributed by atoms with Crippen LogP contribution in [-0.2, 0) is 27.9 Å². The van der Waals surface area contributed by atoms with Crippen LogP contribution in [0.2, 0.25) is 0 Å². The fourth-order valence-corrected chi connectivity index (χ4v) is 6.34. The number of pyridine rings is 1. The molecule has 186 valence electrons. The van der Waals surface area contributed by atoms with Crippen LogP contribution in [0.3, 0.4) is 0 Å². The van der Waals surface area contributed by atoms with Crippen molar-refractivity contribution in [2.24, 2.45) is 5.41 Å². The van der Waals surface area contributed by atoms with Crippen molar-refractivity contribution >= 4 is 48.8 Å². The van der Waals surface area contributed by atoms with E-state index in [-0.39, 0.29) is 24.2 Å². The minimum absolute atomic E-state index is 0.0505. The number of hydrogen-bond acceptors (Lipinski definition) is 8. The third-order valence-corrected chi connectivity index (χ3v) is 9.31. The molecule has 2 N–H and O–H groups in total. The molecule has 0 spiro atoms. The zero-order valence-corrected chi connectivity index (χ0v) is 22.1.